The average molecular weight is 434 g/mol. The van der Waals surface area contributed by atoms with Crippen LogP contribution in [0.25, 0.3) is 11.1 Å². The zero-order valence-electron chi connectivity index (χ0n) is 14.3. The summed E-state index contributed by atoms with van der Waals surface area (Å²) in [4.78, 5) is 10.4. The summed E-state index contributed by atoms with van der Waals surface area (Å²) in [6, 6.07) is 11.8. The topological polar surface area (TPSA) is 83.5 Å². The predicted molar refractivity (Wildman–Crippen MR) is 103 cm³/mol. The van der Waals surface area contributed by atoms with E-state index >= 15 is 0 Å². The zero-order valence-corrected chi connectivity index (χ0v) is 16.6. The van der Waals surface area contributed by atoms with Gasteiger partial charge in [0.25, 0.3) is 5.91 Å². The van der Waals surface area contributed by atoms with Gasteiger partial charge in [0.15, 0.2) is 14.7 Å². The molecule has 9 heteroatoms. The standard InChI is InChI=1S/C18H18Cl2FNO4S/c1-27(25,26)14-8-6-12(7-9-14)11-2-4-13(5-3-11)16(23)15(10-21)22-18(24)17(19)20/h2-9,15-17,23H,10H2,1H3,(H,22,24)/t15-,16-/m1/s1. The Morgan fingerprint density at radius 2 is 1.56 bits per heavy atom. The minimum atomic E-state index is -3.27. The molecule has 0 radical (unpaired) electrons. The van der Waals surface area contributed by atoms with E-state index in [9.17, 15) is 22.7 Å². The first-order valence-electron chi connectivity index (χ1n) is 7.86. The minimum Gasteiger partial charge on any atom is -0.386 e. The number of alkyl halides is 3. The number of nitrogens with one attached hydrogen (secondary N) is 1. The maximum absolute atomic E-state index is 13.2. The van der Waals surface area contributed by atoms with E-state index in [0.717, 1.165) is 17.4 Å². The van der Waals surface area contributed by atoms with Gasteiger partial charge < -0.3 is 10.4 Å². The molecule has 0 fully saturated rings. The maximum Gasteiger partial charge on any atom is 0.253 e. The molecule has 0 heterocycles. The van der Waals surface area contributed by atoms with Crippen molar-refractivity contribution in [2.45, 2.75) is 21.9 Å². The fourth-order valence-electron chi connectivity index (χ4n) is 2.45. The van der Waals surface area contributed by atoms with Gasteiger partial charge in [-0.2, -0.15) is 0 Å². The summed E-state index contributed by atoms with van der Waals surface area (Å²) < 4.78 is 36.2. The van der Waals surface area contributed by atoms with E-state index in [0.29, 0.717) is 5.56 Å². The number of aliphatic hydroxyl groups excluding tert-OH is 1. The van der Waals surface area contributed by atoms with Crippen molar-refractivity contribution in [2.24, 2.45) is 0 Å². The fourth-order valence-corrected chi connectivity index (χ4v) is 3.20. The van der Waals surface area contributed by atoms with E-state index in [-0.39, 0.29) is 4.90 Å². The highest BCUT2D eigenvalue weighted by Crippen LogP contribution is 2.25. The number of amides is 1. The van der Waals surface area contributed by atoms with Gasteiger partial charge in [-0.1, -0.05) is 59.6 Å². The van der Waals surface area contributed by atoms with Crippen LogP contribution in [-0.2, 0) is 14.6 Å². The van der Waals surface area contributed by atoms with Gasteiger partial charge in [-0.3, -0.25) is 4.79 Å². The van der Waals surface area contributed by atoms with E-state index < -0.39 is 39.4 Å². The molecule has 0 bridgehead atoms. The summed E-state index contributed by atoms with van der Waals surface area (Å²) in [6.07, 6.45) is -0.151. The first-order valence-corrected chi connectivity index (χ1v) is 10.6. The molecule has 2 atom stereocenters. The van der Waals surface area contributed by atoms with Crippen LogP contribution >= 0.6 is 23.2 Å². The van der Waals surface area contributed by atoms with Crippen molar-refractivity contribution in [1.29, 1.82) is 0 Å². The molecule has 2 aromatic rings. The number of aliphatic hydroxyl groups is 1. The largest absolute Gasteiger partial charge is 0.386 e. The van der Waals surface area contributed by atoms with Crippen LogP contribution in [0.2, 0.25) is 0 Å². The molecule has 0 aliphatic carbocycles. The van der Waals surface area contributed by atoms with Crippen LogP contribution in [-0.4, -0.2) is 43.2 Å². The second kappa shape index (κ2) is 9.01. The van der Waals surface area contributed by atoms with Gasteiger partial charge in [-0.15, -0.1) is 0 Å². The van der Waals surface area contributed by atoms with E-state index in [2.05, 4.69) is 5.32 Å². The van der Waals surface area contributed by atoms with Gasteiger partial charge in [0.05, 0.1) is 10.9 Å². The Morgan fingerprint density at radius 3 is 1.96 bits per heavy atom. The van der Waals surface area contributed by atoms with E-state index in [1.807, 2.05) is 0 Å². The van der Waals surface area contributed by atoms with Crippen LogP contribution in [0.1, 0.15) is 11.7 Å². The van der Waals surface area contributed by atoms with Crippen LogP contribution in [0.3, 0.4) is 0 Å². The van der Waals surface area contributed by atoms with Gasteiger partial charge >= 0.3 is 0 Å². The summed E-state index contributed by atoms with van der Waals surface area (Å²) in [5.74, 6) is -0.789. The van der Waals surface area contributed by atoms with Crippen molar-refractivity contribution in [1.82, 2.24) is 5.32 Å². The molecule has 5 nitrogen and oxygen atoms in total. The van der Waals surface area contributed by atoms with Crippen LogP contribution < -0.4 is 5.32 Å². The minimum absolute atomic E-state index is 0.219. The van der Waals surface area contributed by atoms with E-state index in [4.69, 9.17) is 23.2 Å². The fraction of sp³-hybridized carbons (Fsp3) is 0.278. The van der Waals surface area contributed by atoms with Gasteiger partial charge in [-0.05, 0) is 28.8 Å². The van der Waals surface area contributed by atoms with Crippen LogP contribution in [0.4, 0.5) is 4.39 Å². The first-order chi connectivity index (χ1) is 12.6. The Labute approximate surface area is 167 Å². The molecule has 0 aromatic heterocycles. The number of hydrogen-bond donors (Lipinski definition) is 2. The molecule has 2 N–H and O–H groups in total. The van der Waals surface area contributed by atoms with Gasteiger partial charge in [0, 0.05) is 6.26 Å². The monoisotopic (exact) mass is 433 g/mol. The lowest BCUT2D eigenvalue weighted by Crippen LogP contribution is -2.43. The Bertz CT molecular complexity index is 887. The molecule has 0 unspecified atom stereocenters. The molecule has 1 amide bonds. The third kappa shape index (κ3) is 5.65. The SMILES string of the molecule is CS(=O)(=O)c1ccc(-c2ccc([C@@H](O)[C@@H](CF)NC(=O)C(Cl)Cl)cc2)cc1. The van der Waals surface area contributed by atoms with E-state index in [1.165, 1.54) is 12.1 Å². The van der Waals surface area contributed by atoms with Crippen molar-refractivity contribution in [3.05, 3.63) is 54.1 Å². The van der Waals surface area contributed by atoms with Gasteiger partial charge in [0.2, 0.25) is 0 Å². The summed E-state index contributed by atoms with van der Waals surface area (Å²) in [7, 11) is -3.27. The molecule has 2 rings (SSSR count). The highest BCUT2D eigenvalue weighted by atomic mass is 35.5. The molecule has 0 saturated heterocycles. The first kappa shape index (κ1) is 21.6. The molecule has 2 aromatic carbocycles. The zero-order chi connectivity index (χ0) is 20.2. The third-order valence-corrected chi connectivity index (χ3v) is 5.47. The van der Waals surface area contributed by atoms with Crippen LogP contribution in [0.5, 0.6) is 0 Å². The van der Waals surface area contributed by atoms with Gasteiger partial charge in [0.1, 0.15) is 12.8 Å². The summed E-state index contributed by atoms with van der Waals surface area (Å²) in [5, 5.41) is 12.5. The molecular weight excluding hydrogens is 416 g/mol. The number of halogens is 3. The molecule has 146 valence electrons. The van der Waals surface area contributed by atoms with Crippen molar-refractivity contribution >= 4 is 38.9 Å². The van der Waals surface area contributed by atoms with E-state index in [1.54, 1.807) is 36.4 Å². The van der Waals surface area contributed by atoms with Crippen molar-refractivity contribution in [3.63, 3.8) is 0 Å². The second-order valence-corrected chi connectivity index (χ2v) is 9.05. The lowest BCUT2D eigenvalue weighted by molar-refractivity contribution is -0.121. The molecular formula is C18H18Cl2FNO4S. The third-order valence-electron chi connectivity index (χ3n) is 3.94. The van der Waals surface area contributed by atoms with Crippen molar-refractivity contribution in [3.8, 4) is 11.1 Å². The Hall–Kier alpha value is -1.67. The smallest absolute Gasteiger partial charge is 0.253 e. The highest BCUT2D eigenvalue weighted by Gasteiger charge is 2.25. The number of carbonyl (C=O) groups excluding carboxylic acids is 1. The van der Waals surface area contributed by atoms with Gasteiger partial charge in [-0.25, -0.2) is 12.8 Å². The quantitative estimate of drug-likeness (QED) is 0.657. The Morgan fingerprint density at radius 1 is 1.07 bits per heavy atom. The Kier molecular flexibility index (Phi) is 7.22. The molecule has 27 heavy (non-hydrogen) atoms. The van der Waals surface area contributed by atoms with Crippen molar-refractivity contribution < 1.29 is 22.7 Å². The second-order valence-electron chi connectivity index (χ2n) is 5.93. The highest BCUT2D eigenvalue weighted by molar-refractivity contribution is 7.90. The van der Waals surface area contributed by atoms with Crippen molar-refractivity contribution in [2.75, 3.05) is 12.9 Å². The lowest BCUT2D eigenvalue weighted by Gasteiger charge is -2.22. The number of carbonyl (C=O) groups is 1. The maximum atomic E-state index is 13.2. The van der Waals surface area contributed by atoms with Crippen LogP contribution in [0, 0.1) is 0 Å². The molecule has 0 aliphatic rings. The number of sulfone groups is 1. The number of rotatable bonds is 7. The number of hydrogen-bond acceptors (Lipinski definition) is 4. The average Bonchev–Trinajstić information content (AvgIpc) is 2.64. The normalized spacial score (nSPS) is 14.0. The molecule has 0 spiro atoms. The molecule has 0 saturated carbocycles. The number of benzene rings is 2. The van der Waals surface area contributed by atoms with Crippen LogP contribution in [0.15, 0.2) is 53.4 Å². The summed E-state index contributed by atoms with van der Waals surface area (Å²) in [6.45, 7) is -0.998. The summed E-state index contributed by atoms with van der Waals surface area (Å²) >= 11 is 10.8. The predicted octanol–water partition coefficient (Wildman–Crippen LogP) is 3.05. The molecule has 0 aliphatic heterocycles. The summed E-state index contributed by atoms with van der Waals surface area (Å²) in [5.41, 5.74) is 1.97. The lowest BCUT2D eigenvalue weighted by atomic mass is 9.99. The Balaban J connectivity index is 2.17.